The summed E-state index contributed by atoms with van der Waals surface area (Å²) in [7, 11) is -2.19. The van der Waals surface area contributed by atoms with Gasteiger partial charge in [0.25, 0.3) is 10.0 Å². The molecule has 5 heteroatoms. The molecule has 0 heterocycles. The topological polar surface area (TPSA) is 55.4 Å². The number of benzene rings is 2. The lowest BCUT2D eigenvalue weighted by atomic mass is 9.97. The zero-order chi connectivity index (χ0) is 21.0. The molecule has 150 valence electrons. The van der Waals surface area contributed by atoms with Gasteiger partial charge < -0.3 is 4.74 Å². The zero-order valence-corrected chi connectivity index (χ0v) is 17.3. The number of hydrogen-bond donors (Lipinski definition) is 1. The third-order valence-corrected chi connectivity index (χ3v) is 6.22. The van der Waals surface area contributed by atoms with Gasteiger partial charge in [0.1, 0.15) is 5.75 Å². The van der Waals surface area contributed by atoms with Crippen LogP contribution in [0.15, 0.2) is 108 Å². The van der Waals surface area contributed by atoms with Gasteiger partial charge in [0.2, 0.25) is 0 Å². The molecule has 0 spiro atoms. The van der Waals surface area contributed by atoms with E-state index in [4.69, 9.17) is 4.74 Å². The summed E-state index contributed by atoms with van der Waals surface area (Å²) < 4.78 is 33.5. The Hall–Kier alpha value is -3.57. The van der Waals surface area contributed by atoms with Gasteiger partial charge in [-0.1, -0.05) is 72.8 Å². The molecule has 1 N–H and O–H groups in total. The minimum Gasteiger partial charge on any atom is -0.497 e. The largest absolute Gasteiger partial charge is 0.497 e. The molecule has 0 saturated heterocycles. The summed E-state index contributed by atoms with van der Waals surface area (Å²) in [5, 5.41) is 0. The van der Waals surface area contributed by atoms with E-state index in [0.29, 0.717) is 5.75 Å². The predicted octanol–water partition coefficient (Wildman–Crippen LogP) is 5.17. The van der Waals surface area contributed by atoms with Crippen LogP contribution in [0.4, 0.5) is 0 Å². The monoisotopic (exact) mass is 415 g/mol. The van der Waals surface area contributed by atoms with Crippen LogP contribution in [-0.2, 0) is 10.0 Å². The third kappa shape index (κ3) is 4.07. The van der Waals surface area contributed by atoms with Gasteiger partial charge >= 0.3 is 0 Å². The lowest BCUT2D eigenvalue weighted by Gasteiger charge is -2.11. The van der Waals surface area contributed by atoms with Crippen LogP contribution >= 0.6 is 0 Å². The van der Waals surface area contributed by atoms with Crippen molar-refractivity contribution in [1.82, 2.24) is 4.72 Å². The Bertz CT molecular complexity index is 1250. The van der Waals surface area contributed by atoms with Crippen molar-refractivity contribution in [2.75, 3.05) is 7.11 Å². The van der Waals surface area contributed by atoms with E-state index in [2.05, 4.69) is 4.72 Å². The first-order valence-electron chi connectivity index (χ1n) is 9.48. The van der Waals surface area contributed by atoms with Gasteiger partial charge in [0.05, 0.1) is 12.0 Å². The summed E-state index contributed by atoms with van der Waals surface area (Å²) >= 11 is 0. The maximum atomic E-state index is 12.9. The second-order valence-electron chi connectivity index (χ2n) is 6.75. The van der Waals surface area contributed by atoms with Crippen LogP contribution in [0.5, 0.6) is 5.75 Å². The number of methoxy groups -OCH3 is 1. The fourth-order valence-corrected chi connectivity index (χ4v) is 4.25. The Balaban J connectivity index is 1.76. The molecule has 0 amide bonds. The lowest BCUT2D eigenvalue weighted by molar-refractivity contribution is 0.414. The fraction of sp³-hybridized carbons (Fsp3) is 0.0400. The first-order valence-corrected chi connectivity index (χ1v) is 11.0. The third-order valence-electron chi connectivity index (χ3n) is 4.89. The van der Waals surface area contributed by atoms with E-state index in [-0.39, 0.29) is 4.90 Å². The lowest BCUT2D eigenvalue weighted by Crippen LogP contribution is -2.18. The first-order chi connectivity index (χ1) is 14.6. The molecule has 30 heavy (non-hydrogen) atoms. The van der Waals surface area contributed by atoms with E-state index in [9.17, 15) is 8.42 Å². The number of ether oxygens (including phenoxy) is 1. The Morgan fingerprint density at radius 3 is 2.17 bits per heavy atom. The summed E-state index contributed by atoms with van der Waals surface area (Å²) in [6, 6.07) is 30.1. The van der Waals surface area contributed by atoms with Crippen LogP contribution in [-0.4, -0.2) is 15.5 Å². The molecule has 0 fully saturated rings. The van der Waals surface area contributed by atoms with Crippen molar-refractivity contribution in [2.45, 2.75) is 4.90 Å². The molecule has 2 aliphatic carbocycles. The van der Waals surface area contributed by atoms with Crippen molar-refractivity contribution in [3.05, 3.63) is 114 Å². The van der Waals surface area contributed by atoms with E-state index in [1.54, 1.807) is 25.4 Å². The number of fused-ring (bicyclic) bond motifs is 1. The highest BCUT2D eigenvalue weighted by Gasteiger charge is 2.16. The minimum atomic E-state index is -3.73. The molecule has 0 saturated carbocycles. The van der Waals surface area contributed by atoms with Gasteiger partial charge in [-0.2, -0.15) is 0 Å². The van der Waals surface area contributed by atoms with Crippen LogP contribution in [0.2, 0.25) is 0 Å². The Kier molecular flexibility index (Phi) is 5.55. The van der Waals surface area contributed by atoms with Crippen LogP contribution in [0.3, 0.4) is 0 Å². The van der Waals surface area contributed by atoms with Gasteiger partial charge in [-0.05, 0) is 46.5 Å². The molecule has 4 nitrogen and oxygen atoms in total. The smallest absolute Gasteiger partial charge is 0.261 e. The minimum absolute atomic E-state index is 0.172. The van der Waals surface area contributed by atoms with Crippen LogP contribution < -0.4 is 9.46 Å². The van der Waals surface area contributed by atoms with Crippen molar-refractivity contribution in [3.63, 3.8) is 0 Å². The second kappa shape index (κ2) is 8.43. The zero-order valence-electron chi connectivity index (χ0n) is 16.4. The maximum absolute atomic E-state index is 12.9. The number of sulfonamides is 1. The van der Waals surface area contributed by atoms with Crippen molar-refractivity contribution in [3.8, 4) is 16.9 Å². The second-order valence-corrected chi connectivity index (χ2v) is 8.46. The maximum Gasteiger partial charge on any atom is 0.261 e. The highest BCUT2D eigenvalue weighted by atomic mass is 32.2. The average molecular weight is 416 g/mol. The normalized spacial score (nSPS) is 12.0. The van der Waals surface area contributed by atoms with E-state index in [0.717, 1.165) is 27.8 Å². The molecule has 0 radical (unpaired) electrons. The molecule has 0 unspecified atom stereocenters. The van der Waals surface area contributed by atoms with Crippen molar-refractivity contribution in [1.29, 1.82) is 0 Å². The van der Waals surface area contributed by atoms with E-state index in [1.165, 1.54) is 12.1 Å². The first kappa shape index (κ1) is 19.7. The summed E-state index contributed by atoms with van der Waals surface area (Å²) in [5.41, 5.74) is 4.83. The van der Waals surface area contributed by atoms with Crippen LogP contribution in [0, 0.1) is 0 Å². The summed E-state index contributed by atoms with van der Waals surface area (Å²) in [6.45, 7) is 0. The molecule has 2 aliphatic rings. The molecule has 2 aromatic rings. The average Bonchev–Trinajstić information content (AvgIpc) is 3.02. The van der Waals surface area contributed by atoms with E-state index >= 15 is 0 Å². The molecule has 0 atom stereocenters. The highest BCUT2D eigenvalue weighted by molar-refractivity contribution is 7.89. The van der Waals surface area contributed by atoms with Crippen molar-refractivity contribution >= 4 is 15.6 Å². The number of hydrogen-bond acceptors (Lipinski definition) is 3. The standard InChI is InChI=1S/C25H21NO3S/c1-29-21-13-15-22(16-14-21)30(27,28)26-18-25(19-8-4-2-5-9-19)24-17-12-20-10-6-3-7-11-23(20)24/h2-18,26H,1H3. The Labute approximate surface area is 176 Å². The predicted molar refractivity (Wildman–Crippen MR) is 120 cm³/mol. The van der Waals surface area contributed by atoms with Gasteiger partial charge in [-0.25, -0.2) is 8.42 Å². The molecule has 0 aliphatic heterocycles. The van der Waals surface area contributed by atoms with Gasteiger partial charge in [-0.15, -0.1) is 0 Å². The SMILES string of the molecule is COc1ccc(S(=O)(=O)NC=C(c2ccccc2)c2ccc3cccccc2-3)cc1. The molecule has 4 rings (SSSR count). The van der Waals surface area contributed by atoms with Crippen LogP contribution in [0.1, 0.15) is 11.1 Å². The summed E-state index contributed by atoms with van der Waals surface area (Å²) in [5.74, 6) is 0.602. The molecular weight excluding hydrogens is 394 g/mol. The molecule has 0 bridgehead atoms. The summed E-state index contributed by atoms with van der Waals surface area (Å²) in [6.07, 6.45) is 1.57. The van der Waals surface area contributed by atoms with E-state index < -0.39 is 10.0 Å². The fourth-order valence-electron chi connectivity index (χ4n) is 3.34. The van der Waals surface area contributed by atoms with Crippen molar-refractivity contribution in [2.24, 2.45) is 0 Å². The highest BCUT2D eigenvalue weighted by Crippen LogP contribution is 2.35. The van der Waals surface area contributed by atoms with Gasteiger partial charge in [0.15, 0.2) is 0 Å². The van der Waals surface area contributed by atoms with Gasteiger partial charge in [-0.3, -0.25) is 4.72 Å². The molecule has 2 aromatic carbocycles. The Morgan fingerprint density at radius 1 is 0.800 bits per heavy atom. The number of rotatable bonds is 6. The van der Waals surface area contributed by atoms with Crippen LogP contribution in [0.25, 0.3) is 16.7 Å². The summed E-state index contributed by atoms with van der Waals surface area (Å²) in [4.78, 5) is 0.172. The van der Waals surface area contributed by atoms with E-state index in [1.807, 2.05) is 72.8 Å². The van der Waals surface area contributed by atoms with Gasteiger partial charge in [0, 0.05) is 11.8 Å². The number of nitrogens with one attached hydrogen (secondary N) is 1. The van der Waals surface area contributed by atoms with Crippen molar-refractivity contribution < 1.29 is 13.2 Å². The molecule has 0 aromatic heterocycles. The quantitative estimate of drug-likeness (QED) is 0.473. The molecular formula is C25H21NO3S. The Morgan fingerprint density at radius 2 is 1.47 bits per heavy atom.